The van der Waals surface area contributed by atoms with Gasteiger partial charge in [0.05, 0.1) is 5.69 Å². The van der Waals surface area contributed by atoms with E-state index in [1.54, 1.807) is 11.3 Å². The molecule has 0 saturated carbocycles. The molecule has 0 atom stereocenters. The highest BCUT2D eigenvalue weighted by molar-refractivity contribution is 7.25. The number of thiophene rings is 1. The molecule has 3 heteroatoms. The molecule has 164 valence electrons. The van der Waals surface area contributed by atoms with Gasteiger partial charge in [0.15, 0.2) is 5.82 Å². The van der Waals surface area contributed by atoms with Crippen molar-refractivity contribution in [2.75, 3.05) is 0 Å². The molecule has 0 saturated heterocycles. The minimum absolute atomic E-state index is 0.756. The van der Waals surface area contributed by atoms with E-state index in [2.05, 4.69) is 109 Å². The van der Waals surface area contributed by atoms with Crippen LogP contribution in [0.3, 0.4) is 0 Å². The first kappa shape index (κ1) is 20.1. The van der Waals surface area contributed by atoms with Crippen LogP contribution in [-0.4, -0.2) is 9.97 Å². The lowest BCUT2D eigenvalue weighted by atomic mass is 10.0. The van der Waals surface area contributed by atoms with Crippen LogP contribution >= 0.6 is 11.3 Å². The topological polar surface area (TPSA) is 25.8 Å². The van der Waals surface area contributed by atoms with E-state index < -0.39 is 0 Å². The molecule has 0 amide bonds. The van der Waals surface area contributed by atoms with Gasteiger partial charge >= 0.3 is 0 Å². The van der Waals surface area contributed by atoms with Crippen LogP contribution in [0.1, 0.15) is 0 Å². The molecule has 0 aliphatic rings. The Hall–Kier alpha value is -4.34. The SMILES string of the molecule is c1ccc(-c2ccc(-c3nc(-c4ccccc4)c4c(n3)sc3ccc5ccccc5c34)cc2)cc1. The monoisotopic (exact) mass is 464 g/mol. The molecule has 0 N–H and O–H groups in total. The smallest absolute Gasteiger partial charge is 0.161 e. The zero-order valence-electron chi connectivity index (χ0n) is 18.8. The summed E-state index contributed by atoms with van der Waals surface area (Å²) in [5.74, 6) is 0.756. The van der Waals surface area contributed by atoms with Crippen molar-refractivity contribution in [3.63, 3.8) is 0 Å². The first-order valence-electron chi connectivity index (χ1n) is 11.7. The van der Waals surface area contributed by atoms with Gasteiger partial charge in [-0.2, -0.15) is 0 Å². The van der Waals surface area contributed by atoms with E-state index in [9.17, 15) is 0 Å². The van der Waals surface area contributed by atoms with E-state index in [-0.39, 0.29) is 0 Å². The van der Waals surface area contributed by atoms with Gasteiger partial charge in [0.2, 0.25) is 0 Å². The van der Waals surface area contributed by atoms with Crippen LogP contribution < -0.4 is 0 Å². The highest BCUT2D eigenvalue weighted by atomic mass is 32.1. The van der Waals surface area contributed by atoms with Crippen molar-refractivity contribution < 1.29 is 0 Å². The van der Waals surface area contributed by atoms with Crippen molar-refractivity contribution in [1.82, 2.24) is 9.97 Å². The predicted octanol–water partition coefficient (Wildman–Crippen LogP) is 9.00. The van der Waals surface area contributed by atoms with Crippen LogP contribution in [0.2, 0.25) is 0 Å². The van der Waals surface area contributed by atoms with Crippen LogP contribution in [0.25, 0.3) is 64.8 Å². The van der Waals surface area contributed by atoms with Crippen LogP contribution in [0.5, 0.6) is 0 Å². The summed E-state index contributed by atoms with van der Waals surface area (Å²) < 4.78 is 1.24. The van der Waals surface area contributed by atoms with Crippen molar-refractivity contribution >= 4 is 42.4 Å². The van der Waals surface area contributed by atoms with Gasteiger partial charge < -0.3 is 0 Å². The minimum Gasteiger partial charge on any atom is -0.227 e. The summed E-state index contributed by atoms with van der Waals surface area (Å²) in [5.41, 5.74) is 5.50. The molecule has 2 heterocycles. The van der Waals surface area contributed by atoms with E-state index in [1.165, 1.54) is 32.0 Å². The summed E-state index contributed by atoms with van der Waals surface area (Å²) in [6.07, 6.45) is 0. The first-order chi connectivity index (χ1) is 17.3. The molecule has 0 aliphatic heterocycles. The van der Waals surface area contributed by atoms with Gasteiger partial charge in [-0.05, 0) is 28.0 Å². The zero-order valence-corrected chi connectivity index (χ0v) is 19.7. The molecular weight excluding hydrogens is 444 g/mol. The number of hydrogen-bond donors (Lipinski definition) is 0. The Balaban J connectivity index is 1.49. The van der Waals surface area contributed by atoms with Crippen LogP contribution in [0.15, 0.2) is 121 Å². The summed E-state index contributed by atoms with van der Waals surface area (Å²) in [6, 6.07) is 42.5. The maximum Gasteiger partial charge on any atom is 0.161 e. The van der Waals surface area contributed by atoms with Crippen molar-refractivity contribution in [2.45, 2.75) is 0 Å². The Labute approximate surface area is 207 Å². The van der Waals surface area contributed by atoms with Crippen LogP contribution in [0, 0.1) is 0 Å². The van der Waals surface area contributed by atoms with Crippen LogP contribution in [0.4, 0.5) is 0 Å². The quantitative estimate of drug-likeness (QED) is 0.261. The van der Waals surface area contributed by atoms with Crippen molar-refractivity contribution in [3.8, 4) is 33.8 Å². The van der Waals surface area contributed by atoms with Gasteiger partial charge in [-0.3, -0.25) is 0 Å². The number of hydrogen-bond acceptors (Lipinski definition) is 3. The lowest BCUT2D eigenvalue weighted by Crippen LogP contribution is -1.93. The third-order valence-electron chi connectivity index (χ3n) is 6.52. The molecule has 7 rings (SSSR count). The van der Waals surface area contributed by atoms with Gasteiger partial charge in [0.25, 0.3) is 0 Å². The predicted molar refractivity (Wildman–Crippen MR) is 149 cm³/mol. The lowest BCUT2D eigenvalue weighted by Gasteiger charge is -2.09. The fourth-order valence-electron chi connectivity index (χ4n) is 4.81. The third kappa shape index (κ3) is 3.40. The maximum atomic E-state index is 5.17. The second kappa shape index (κ2) is 8.15. The summed E-state index contributed by atoms with van der Waals surface area (Å²) in [5, 5.41) is 4.86. The number of nitrogens with zero attached hydrogens (tertiary/aromatic N) is 2. The van der Waals surface area contributed by atoms with Crippen LogP contribution in [-0.2, 0) is 0 Å². The standard InChI is InChI=1S/C32H20N2S/c1-3-9-21(10-4-1)22-15-17-25(18-16-22)31-33-30(24-12-5-2-6-13-24)29-28-26-14-8-7-11-23(26)19-20-27(28)35-32(29)34-31/h1-20H. The highest BCUT2D eigenvalue weighted by Crippen LogP contribution is 2.42. The van der Waals surface area contributed by atoms with Gasteiger partial charge in [0.1, 0.15) is 4.83 Å². The van der Waals surface area contributed by atoms with E-state index in [0.717, 1.165) is 32.9 Å². The number of aromatic nitrogens is 2. The number of fused-ring (bicyclic) bond motifs is 5. The van der Waals surface area contributed by atoms with E-state index in [4.69, 9.17) is 9.97 Å². The summed E-state index contributed by atoms with van der Waals surface area (Å²) in [4.78, 5) is 11.3. The molecule has 0 fully saturated rings. The van der Waals surface area contributed by atoms with Gasteiger partial charge in [-0.15, -0.1) is 11.3 Å². The summed E-state index contributed by atoms with van der Waals surface area (Å²) in [7, 11) is 0. The van der Waals surface area contributed by atoms with E-state index >= 15 is 0 Å². The minimum atomic E-state index is 0.756. The Morgan fingerprint density at radius 1 is 0.457 bits per heavy atom. The molecule has 2 aromatic heterocycles. The molecule has 7 aromatic rings. The van der Waals surface area contributed by atoms with E-state index in [1.807, 2.05) is 12.1 Å². The average Bonchev–Trinajstić information content (AvgIpc) is 3.33. The Kier molecular flexibility index (Phi) is 4.68. The molecule has 0 spiro atoms. The molecule has 2 nitrogen and oxygen atoms in total. The molecule has 0 unspecified atom stereocenters. The van der Waals surface area contributed by atoms with Crippen molar-refractivity contribution in [2.24, 2.45) is 0 Å². The van der Waals surface area contributed by atoms with Crippen molar-refractivity contribution in [3.05, 3.63) is 121 Å². The fraction of sp³-hybridized carbons (Fsp3) is 0. The fourth-order valence-corrected chi connectivity index (χ4v) is 5.91. The van der Waals surface area contributed by atoms with E-state index in [0.29, 0.717) is 0 Å². The largest absolute Gasteiger partial charge is 0.227 e. The third-order valence-corrected chi connectivity index (χ3v) is 7.57. The Morgan fingerprint density at radius 3 is 1.86 bits per heavy atom. The number of benzene rings is 5. The van der Waals surface area contributed by atoms with Crippen molar-refractivity contribution in [1.29, 1.82) is 0 Å². The summed E-state index contributed by atoms with van der Waals surface area (Å²) in [6.45, 7) is 0. The number of rotatable bonds is 3. The second-order valence-electron chi connectivity index (χ2n) is 8.65. The second-order valence-corrected chi connectivity index (χ2v) is 9.68. The molecular formula is C32H20N2S. The normalized spacial score (nSPS) is 11.4. The van der Waals surface area contributed by atoms with Gasteiger partial charge in [-0.1, -0.05) is 115 Å². The molecule has 0 bridgehead atoms. The zero-order chi connectivity index (χ0) is 23.2. The Bertz CT molecular complexity index is 1820. The molecule has 0 aliphatic carbocycles. The van der Waals surface area contributed by atoms with Gasteiger partial charge in [-0.25, -0.2) is 9.97 Å². The Morgan fingerprint density at radius 2 is 1.09 bits per heavy atom. The molecule has 5 aromatic carbocycles. The maximum absolute atomic E-state index is 5.17. The molecule has 0 radical (unpaired) electrons. The van der Waals surface area contributed by atoms with Gasteiger partial charge in [0, 0.05) is 26.6 Å². The molecule has 35 heavy (non-hydrogen) atoms. The summed E-state index contributed by atoms with van der Waals surface area (Å²) >= 11 is 1.74. The average molecular weight is 465 g/mol. The lowest BCUT2D eigenvalue weighted by molar-refractivity contribution is 1.24. The highest BCUT2D eigenvalue weighted by Gasteiger charge is 2.18. The first-order valence-corrected chi connectivity index (χ1v) is 12.5.